The minimum Gasteiger partial charge on any atom is -0.456 e. The number of para-hydroxylation sites is 6. The molecule has 20 aromatic carbocycles. The van der Waals surface area contributed by atoms with E-state index in [-0.39, 0.29) is 5.41 Å². The van der Waals surface area contributed by atoms with Crippen molar-refractivity contribution in [3.8, 4) is 136 Å². The van der Waals surface area contributed by atoms with Crippen molar-refractivity contribution in [1.29, 1.82) is 0 Å². The zero-order valence-electron chi connectivity index (χ0n) is 77.0. The summed E-state index contributed by atoms with van der Waals surface area (Å²) in [7, 11) is 0. The Bertz CT molecular complexity index is 9820. The predicted octanol–water partition coefficient (Wildman–Crippen LogP) is 34.0. The molecular weight excluding hydrogens is 1760 g/mol. The Morgan fingerprint density at radius 1 is 0.147 bits per heavy atom. The van der Waals surface area contributed by atoms with Gasteiger partial charge in [0.1, 0.15) is 67.0 Å². The van der Waals surface area contributed by atoms with E-state index in [1.807, 2.05) is 206 Å². The van der Waals surface area contributed by atoms with Crippen LogP contribution in [0.1, 0.15) is 25.0 Å². The van der Waals surface area contributed by atoms with Crippen molar-refractivity contribution in [3.05, 3.63) is 442 Å². The third-order valence-corrected chi connectivity index (χ3v) is 28.0. The van der Waals surface area contributed by atoms with Crippen LogP contribution in [0.15, 0.2) is 457 Å². The molecule has 30 rings (SSSR count). The van der Waals surface area contributed by atoms with Gasteiger partial charge in [-0.15, -0.1) is 0 Å². The first-order valence-electron chi connectivity index (χ1n) is 47.7. The number of hydrogen-bond acceptors (Lipinski definition) is 15. The number of aromatic nitrogens is 9. The van der Waals surface area contributed by atoms with Crippen LogP contribution < -0.4 is 0 Å². The summed E-state index contributed by atoms with van der Waals surface area (Å²) in [5.41, 5.74) is 27.3. The Hall–Kier alpha value is -19.3. The van der Waals surface area contributed by atoms with E-state index in [9.17, 15) is 0 Å². The molecule has 9 aromatic heterocycles. The normalized spacial score (nSPS) is 12.3. The zero-order chi connectivity index (χ0) is 94.5. The molecule has 0 radical (unpaired) electrons. The second kappa shape index (κ2) is 33.0. The Kier molecular flexibility index (Phi) is 18.9. The lowest BCUT2D eigenvalue weighted by atomic mass is 9.81. The summed E-state index contributed by atoms with van der Waals surface area (Å²) in [6.45, 7) is 4.63. The lowest BCUT2D eigenvalue weighted by molar-refractivity contribution is 0.661. The Morgan fingerprint density at radius 2 is 0.420 bits per heavy atom. The number of hydrogen-bond donors (Lipinski definition) is 0. The maximum absolute atomic E-state index is 6.29. The average Bonchev–Trinajstić information content (AvgIpc) is 1.56. The molecule has 9 heterocycles. The molecule has 0 amide bonds. The van der Waals surface area contributed by atoms with Gasteiger partial charge in [-0.1, -0.05) is 305 Å². The number of benzene rings is 20. The highest BCUT2D eigenvalue weighted by molar-refractivity contribution is 6.17. The monoisotopic (exact) mass is 1840 g/mol. The van der Waals surface area contributed by atoms with E-state index in [0.29, 0.717) is 52.4 Å². The summed E-state index contributed by atoms with van der Waals surface area (Å²) >= 11 is 0. The van der Waals surface area contributed by atoms with Crippen LogP contribution in [0.25, 0.3) is 289 Å². The quantitative estimate of drug-likeness (QED) is 0.119. The van der Waals surface area contributed by atoms with Gasteiger partial charge < -0.3 is 26.5 Å². The highest BCUT2D eigenvalue weighted by Gasteiger charge is 2.37. The molecule has 0 N–H and O–H groups in total. The highest BCUT2D eigenvalue weighted by Crippen LogP contribution is 2.52. The summed E-state index contributed by atoms with van der Waals surface area (Å²) in [4.78, 5) is 46.5. The van der Waals surface area contributed by atoms with Gasteiger partial charge in [0.25, 0.3) is 0 Å². The topological polar surface area (TPSA) is 195 Å². The van der Waals surface area contributed by atoms with Crippen molar-refractivity contribution in [2.75, 3.05) is 0 Å². The largest absolute Gasteiger partial charge is 0.456 e. The van der Waals surface area contributed by atoms with E-state index in [0.717, 1.165) is 209 Å². The molecule has 1 aliphatic carbocycles. The fraction of sp³-hybridized carbons (Fsp3) is 0.0234. The van der Waals surface area contributed by atoms with Crippen LogP contribution in [0.3, 0.4) is 0 Å². The maximum Gasteiger partial charge on any atom is 0.164 e. The molecule has 0 saturated heterocycles. The maximum atomic E-state index is 6.29. The van der Waals surface area contributed by atoms with Gasteiger partial charge in [0.05, 0.1) is 0 Å². The van der Waals surface area contributed by atoms with Crippen molar-refractivity contribution in [1.82, 2.24) is 44.9 Å². The van der Waals surface area contributed by atoms with E-state index >= 15 is 0 Å². The summed E-state index contributed by atoms with van der Waals surface area (Å²) in [5, 5.41) is 17.0. The molecule has 143 heavy (non-hydrogen) atoms. The van der Waals surface area contributed by atoms with Gasteiger partial charge in [0.15, 0.2) is 52.4 Å². The standard InChI is InChI=1S/C46H29N3O2.C45H27N3O2.C37H21N3O2/c1-46(2)35-25-28(21-22-29(35)34-23-26-11-3-4-12-27(26)24-36(34)46)43-47-44(32-15-9-19-39-41(32)30-13-5-7-17-37(30)50-39)49-45(48-43)33-16-10-20-40-42(33)31-14-6-8-18-38(31)51-40;1-3-13-28(14-4-1)30-25-31(29-15-5-2-6-16-29)27-32(26-30)43-46-44(35-19-11-23-39-41(35)33-17-7-9-21-37(33)49-39)48-45(47-43)36-20-12-24-40-42(36)34-18-8-10-22-38(34)50-40;1-2-8-23-19-24(14-13-22(23)7-1)35-38-36(25-15-17-33-29(20-25)27-9-3-5-11-31(27)41-33)40-37(39-35)26-16-18-34-30(21-26)28-10-4-6-12-32(28)42-34/h3-25H,1-2H3;1-27H;1-21H. The van der Waals surface area contributed by atoms with Gasteiger partial charge in [-0.25, -0.2) is 44.9 Å². The van der Waals surface area contributed by atoms with E-state index in [1.54, 1.807) is 0 Å². The number of nitrogens with zero attached hydrogens (tertiary/aromatic N) is 9. The van der Waals surface area contributed by atoms with Gasteiger partial charge in [0, 0.05) is 120 Å². The number of rotatable bonds is 11. The summed E-state index contributed by atoms with van der Waals surface area (Å²) in [6, 6.07) is 147. The summed E-state index contributed by atoms with van der Waals surface area (Å²) < 4.78 is 37.3. The molecule has 0 aliphatic heterocycles. The van der Waals surface area contributed by atoms with E-state index < -0.39 is 0 Å². The molecule has 670 valence electrons. The molecule has 0 fully saturated rings. The second-order valence-corrected chi connectivity index (χ2v) is 36.9. The van der Waals surface area contributed by atoms with Crippen LogP contribution in [0.2, 0.25) is 0 Å². The molecule has 0 spiro atoms. The van der Waals surface area contributed by atoms with Crippen LogP contribution in [0.4, 0.5) is 0 Å². The average molecular weight is 1840 g/mol. The molecule has 15 heteroatoms. The second-order valence-electron chi connectivity index (χ2n) is 36.9. The van der Waals surface area contributed by atoms with Crippen LogP contribution in [0, 0.1) is 0 Å². The van der Waals surface area contributed by atoms with Gasteiger partial charge in [0.2, 0.25) is 0 Å². The lowest BCUT2D eigenvalue weighted by Crippen LogP contribution is -2.15. The van der Waals surface area contributed by atoms with Crippen LogP contribution in [-0.2, 0) is 5.41 Å². The van der Waals surface area contributed by atoms with Crippen molar-refractivity contribution in [2.45, 2.75) is 19.3 Å². The van der Waals surface area contributed by atoms with E-state index in [4.69, 9.17) is 71.4 Å². The van der Waals surface area contributed by atoms with E-state index in [2.05, 4.69) is 238 Å². The first-order chi connectivity index (χ1) is 70.5. The van der Waals surface area contributed by atoms with Gasteiger partial charge in [-0.3, -0.25) is 0 Å². The first-order valence-corrected chi connectivity index (χ1v) is 47.7. The van der Waals surface area contributed by atoms with E-state index in [1.165, 1.54) is 38.4 Å². The predicted molar refractivity (Wildman–Crippen MR) is 576 cm³/mol. The smallest absolute Gasteiger partial charge is 0.164 e. The zero-order valence-corrected chi connectivity index (χ0v) is 77.0. The summed E-state index contributed by atoms with van der Waals surface area (Å²) in [6.07, 6.45) is 0. The van der Waals surface area contributed by atoms with Gasteiger partial charge in [-0.05, 0) is 206 Å². The first kappa shape index (κ1) is 82.0. The van der Waals surface area contributed by atoms with Crippen LogP contribution in [0.5, 0.6) is 0 Å². The SMILES string of the molecule is CC1(C)c2cc(-c3nc(-c4cccc5oc6ccccc6c45)nc(-c4cccc5oc6ccccc6c45)n3)ccc2-c2cc3ccccc3cc21.c1ccc(-c2cc(-c3ccccc3)cc(-c3nc(-c4cccc5oc6ccccc6c45)nc(-c4cccc5oc6ccccc6c45)n3)c2)cc1.c1ccc2cc(-c3nc(-c4ccc5oc6ccccc6c5c4)nc(-c4ccc5oc6ccccc6c5c4)n3)ccc2c1. The van der Waals surface area contributed by atoms with Crippen molar-refractivity contribution >= 4 is 153 Å². The third-order valence-electron chi connectivity index (χ3n) is 28.0. The minimum atomic E-state index is -0.202. The molecule has 1 aliphatic rings. The van der Waals surface area contributed by atoms with Crippen LogP contribution in [-0.4, -0.2) is 44.9 Å². The molecule has 0 saturated carbocycles. The molecule has 0 bridgehead atoms. The third kappa shape index (κ3) is 14.1. The van der Waals surface area contributed by atoms with Crippen molar-refractivity contribution < 1.29 is 26.5 Å². The molecule has 0 unspecified atom stereocenters. The van der Waals surface area contributed by atoms with Crippen LogP contribution >= 0.6 is 0 Å². The summed E-state index contributed by atoms with van der Waals surface area (Å²) in [5.74, 6) is 5.34. The highest BCUT2D eigenvalue weighted by atomic mass is 16.3. The number of fused-ring (bicyclic) bond motifs is 23. The van der Waals surface area contributed by atoms with Crippen molar-refractivity contribution in [2.24, 2.45) is 0 Å². The fourth-order valence-corrected chi connectivity index (χ4v) is 21.1. The Balaban J connectivity index is 0.000000105. The van der Waals surface area contributed by atoms with Crippen molar-refractivity contribution in [3.63, 3.8) is 0 Å². The molecule has 29 aromatic rings. The minimum absolute atomic E-state index is 0.202. The Morgan fingerprint density at radius 3 is 0.832 bits per heavy atom. The fourth-order valence-electron chi connectivity index (χ4n) is 21.1. The molecular formula is C128H77N9O6. The molecule has 15 nitrogen and oxygen atoms in total. The van der Waals surface area contributed by atoms with Gasteiger partial charge in [-0.2, -0.15) is 0 Å². The Labute approximate surface area is 816 Å². The lowest BCUT2D eigenvalue weighted by Gasteiger charge is -2.22. The molecule has 0 atom stereocenters. The van der Waals surface area contributed by atoms with Gasteiger partial charge >= 0.3 is 0 Å². The number of furan rings is 6.